The second kappa shape index (κ2) is 4.93. The Hall–Kier alpha value is -2.01. The molecular formula is C14H14FN3O. The molecule has 0 radical (unpaired) electrons. The van der Waals surface area contributed by atoms with E-state index in [4.69, 9.17) is 0 Å². The Balaban J connectivity index is 1.94. The van der Waals surface area contributed by atoms with Crippen LogP contribution < -0.4 is 10.9 Å². The van der Waals surface area contributed by atoms with E-state index in [-0.39, 0.29) is 11.4 Å². The maximum Gasteiger partial charge on any atom is 0.255 e. The fourth-order valence-electron chi connectivity index (χ4n) is 2.33. The van der Waals surface area contributed by atoms with Crippen LogP contribution in [0.25, 0.3) is 0 Å². The average molecular weight is 259 g/mol. The minimum atomic E-state index is -0.276. The standard InChI is InChI=1S/C14H14FN3O/c15-10-3-1-2-9(6-10)7-13-17-12-4-5-16-8-11(12)14(19)18-13/h1-3,6,16H,4-5,7-8H2,(H,17,18,19). The molecule has 4 nitrogen and oxygen atoms in total. The molecule has 5 heteroatoms. The molecular weight excluding hydrogens is 245 g/mol. The highest BCUT2D eigenvalue weighted by Gasteiger charge is 2.15. The van der Waals surface area contributed by atoms with Crippen molar-refractivity contribution in [1.82, 2.24) is 15.3 Å². The second-order valence-electron chi connectivity index (χ2n) is 4.67. The van der Waals surface area contributed by atoms with E-state index < -0.39 is 0 Å². The zero-order valence-electron chi connectivity index (χ0n) is 10.4. The number of aromatic amines is 1. The first-order valence-electron chi connectivity index (χ1n) is 6.28. The summed E-state index contributed by atoms with van der Waals surface area (Å²) >= 11 is 0. The van der Waals surface area contributed by atoms with Crippen molar-refractivity contribution in [2.75, 3.05) is 6.54 Å². The van der Waals surface area contributed by atoms with Gasteiger partial charge < -0.3 is 10.3 Å². The van der Waals surface area contributed by atoms with Crippen molar-refractivity contribution in [1.29, 1.82) is 0 Å². The van der Waals surface area contributed by atoms with Crippen LogP contribution >= 0.6 is 0 Å². The lowest BCUT2D eigenvalue weighted by atomic mass is 10.1. The molecule has 0 atom stereocenters. The van der Waals surface area contributed by atoms with Crippen molar-refractivity contribution in [3.05, 3.63) is 63.1 Å². The van der Waals surface area contributed by atoms with Crippen LogP contribution in [0.4, 0.5) is 4.39 Å². The summed E-state index contributed by atoms with van der Waals surface area (Å²) in [5.41, 5.74) is 2.28. The first kappa shape index (κ1) is 12.0. The molecule has 98 valence electrons. The van der Waals surface area contributed by atoms with Crippen molar-refractivity contribution in [2.45, 2.75) is 19.4 Å². The molecule has 2 N–H and O–H groups in total. The number of nitrogens with zero attached hydrogens (tertiary/aromatic N) is 1. The van der Waals surface area contributed by atoms with Crippen LogP contribution in [0.3, 0.4) is 0 Å². The van der Waals surface area contributed by atoms with Crippen molar-refractivity contribution < 1.29 is 4.39 Å². The van der Waals surface area contributed by atoms with Crippen molar-refractivity contribution in [3.63, 3.8) is 0 Å². The minimum Gasteiger partial charge on any atom is -0.312 e. The summed E-state index contributed by atoms with van der Waals surface area (Å²) in [6, 6.07) is 6.34. The van der Waals surface area contributed by atoms with Gasteiger partial charge in [0.15, 0.2) is 0 Å². The van der Waals surface area contributed by atoms with E-state index in [9.17, 15) is 9.18 Å². The summed E-state index contributed by atoms with van der Waals surface area (Å²) < 4.78 is 13.1. The lowest BCUT2D eigenvalue weighted by Crippen LogP contribution is -2.32. The Morgan fingerprint density at radius 3 is 3.11 bits per heavy atom. The van der Waals surface area contributed by atoms with Crippen LogP contribution in [0.1, 0.15) is 22.6 Å². The van der Waals surface area contributed by atoms with E-state index >= 15 is 0 Å². The fourth-order valence-corrected chi connectivity index (χ4v) is 2.33. The van der Waals surface area contributed by atoms with E-state index in [0.29, 0.717) is 24.4 Å². The van der Waals surface area contributed by atoms with Gasteiger partial charge in [-0.3, -0.25) is 4.79 Å². The molecule has 0 saturated heterocycles. The molecule has 1 aliphatic rings. The number of rotatable bonds is 2. The topological polar surface area (TPSA) is 57.8 Å². The monoisotopic (exact) mass is 259 g/mol. The van der Waals surface area contributed by atoms with E-state index in [1.54, 1.807) is 6.07 Å². The van der Waals surface area contributed by atoms with Gasteiger partial charge in [0, 0.05) is 25.9 Å². The lowest BCUT2D eigenvalue weighted by molar-refractivity contribution is 0.614. The third-order valence-electron chi connectivity index (χ3n) is 3.25. The number of aromatic nitrogens is 2. The second-order valence-corrected chi connectivity index (χ2v) is 4.67. The summed E-state index contributed by atoms with van der Waals surface area (Å²) in [7, 11) is 0. The normalized spacial score (nSPS) is 14.2. The van der Waals surface area contributed by atoms with E-state index in [0.717, 1.165) is 24.2 Å². The third kappa shape index (κ3) is 2.56. The predicted molar refractivity (Wildman–Crippen MR) is 69.5 cm³/mol. The van der Waals surface area contributed by atoms with Gasteiger partial charge in [0.25, 0.3) is 5.56 Å². The number of halogens is 1. The molecule has 0 unspecified atom stereocenters. The molecule has 0 spiro atoms. The molecule has 0 aliphatic carbocycles. The van der Waals surface area contributed by atoms with E-state index in [2.05, 4.69) is 15.3 Å². The smallest absolute Gasteiger partial charge is 0.255 e. The molecule has 0 saturated carbocycles. The number of hydrogen-bond donors (Lipinski definition) is 2. The summed E-state index contributed by atoms with van der Waals surface area (Å²) in [4.78, 5) is 19.2. The molecule has 1 aromatic carbocycles. The fraction of sp³-hybridized carbons (Fsp3) is 0.286. The van der Waals surface area contributed by atoms with Crippen LogP contribution in [-0.4, -0.2) is 16.5 Å². The summed E-state index contributed by atoms with van der Waals surface area (Å²) in [6.07, 6.45) is 1.20. The van der Waals surface area contributed by atoms with Crippen LogP contribution in [0.5, 0.6) is 0 Å². The molecule has 1 aromatic heterocycles. The van der Waals surface area contributed by atoms with Gasteiger partial charge in [-0.25, -0.2) is 9.37 Å². The highest BCUT2D eigenvalue weighted by Crippen LogP contribution is 2.10. The predicted octanol–water partition coefficient (Wildman–Crippen LogP) is 1.15. The number of hydrogen-bond acceptors (Lipinski definition) is 3. The van der Waals surface area contributed by atoms with Crippen LogP contribution in [-0.2, 0) is 19.4 Å². The largest absolute Gasteiger partial charge is 0.312 e. The van der Waals surface area contributed by atoms with Gasteiger partial charge in [0.05, 0.1) is 11.3 Å². The maximum absolute atomic E-state index is 13.1. The number of benzene rings is 1. The van der Waals surface area contributed by atoms with Crippen molar-refractivity contribution >= 4 is 0 Å². The van der Waals surface area contributed by atoms with E-state index in [1.165, 1.54) is 12.1 Å². The van der Waals surface area contributed by atoms with Crippen molar-refractivity contribution in [2.24, 2.45) is 0 Å². The molecule has 2 aromatic rings. The molecule has 1 aliphatic heterocycles. The van der Waals surface area contributed by atoms with Gasteiger partial charge in [-0.1, -0.05) is 12.1 Å². The Labute approximate surface area is 109 Å². The minimum absolute atomic E-state index is 0.0939. The van der Waals surface area contributed by atoms with Gasteiger partial charge in [-0.05, 0) is 17.7 Å². The quantitative estimate of drug-likeness (QED) is 0.850. The molecule has 0 fully saturated rings. The van der Waals surface area contributed by atoms with Gasteiger partial charge in [0.1, 0.15) is 11.6 Å². The summed E-state index contributed by atoms with van der Waals surface area (Å²) in [5, 5.41) is 3.15. The third-order valence-corrected chi connectivity index (χ3v) is 3.25. The average Bonchev–Trinajstić information content (AvgIpc) is 2.39. The highest BCUT2D eigenvalue weighted by molar-refractivity contribution is 5.24. The number of nitrogens with one attached hydrogen (secondary N) is 2. The van der Waals surface area contributed by atoms with Crippen molar-refractivity contribution in [3.8, 4) is 0 Å². The molecule has 0 amide bonds. The van der Waals surface area contributed by atoms with Crippen LogP contribution in [0.2, 0.25) is 0 Å². The highest BCUT2D eigenvalue weighted by atomic mass is 19.1. The number of fused-ring (bicyclic) bond motifs is 1. The zero-order valence-corrected chi connectivity index (χ0v) is 10.4. The SMILES string of the molecule is O=c1[nH]c(Cc2cccc(F)c2)nc2c1CNCC2. The Morgan fingerprint density at radius 2 is 2.26 bits per heavy atom. The lowest BCUT2D eigenvalue weighted by Gasteiger charge is -2.15. The summed E-state index contributed by atoms with van der Waals surface area (Å²) in [5.74, 6) is 0.318. The van der Waals surface area contributed by atoms with Crippen LogP contribution in [0, 0.1) is 5.82 Å². The van der Waals surface area contributed by atoms with Crippen LogP contribution in [0.15, 0.2) is 29.1 Å². The zero-order chi connectivity index (χ0) is 13.2. The maximum atomic E-state index is 13.1. The molecule has 0 bridgehead atoms. The van der Waals surface area contributed by atoms with E-state index in [1.807, 2.05) is 6.07 Å². The molecule has 2 heterocycles. The first-order chi connectivity index (χ1) is 9.22. The molecule has 3 rings (SSSR count). The summed E-state index contributed by atoms with van der Waals surface area (Å²) in [6.45, 7) is 1.40. The Kier molecular flexibility index (Phi) is 3.13. The van der Waals surface area contributed by atoms with Gasteiger partial charge in [-0.15, -0.1) is 0 Å². The Bertz CT molecular complexity index is 666. The first-order valence-corrected chi connectivity index (χ1v) is 6.28. The number of H-pyrrole nitrogens is 1. The molecule has 19 heavy (non-hydrogen) atoms. The Morgan fingerprint density at radius 1 is 1.37 bits per heavy atom. The van der Waals surface area contributed by atoms with Gasteiger partial charge in [-0.2, -0.15) is 0 Å². The van der Waals surface area contributed by atoms with Gasteiger partial charge >= 0.3 is 0 Å². The van der Waals surface area contributed by atoms with Gasteiger partial charge in [0.2, 0.25) is 0 Å².